The summed E-state index contributed by atoms with van der Waals surface area (Å²) in [5, 5.41) is 120. The maximum Gasteiger partial charge on any atom is 0.220 e. The highest BCUT2D eigenvalue weighted by molar-refractivity contribution is 5.76. The Hall–Kier alpha value is -1.73. The van der Waals surface area contributed by atoms with Gasteiger partial charge in [-0.05, 0) is 32.1 Å². The highest BCUT2D eigenvalue weighted by atomic mass is 16.8. The summed E-state index contributed by atoms with van der Waals surface area (Å²) in [5.74, 6) is -0.285. The van der Waals surface area contributed by atoms with Gasteiger partial charge >= 0.3 is 0 Å². The van der Waals surface area contributed by atoms with Crippen LogP contribution in [0.25, 0.3) is 0 Å². The Kier molecular flexibility index (Phi) is 44.7. The largest absolute Gasteiger partial charge is 0.394 e. The van der Waals surface area contributed by atoms with E-state index in [0.717, 1.165) is 38.5 Å². The fraction of sp³-hybridized carbons (Fsp3) is 0.924. The van der Waals surface area contributed by atoms with Crippen LogP contribution in [0.4, 0.5) is 0 Å². The lowest BCUT2D eigenvalue weighted by Crippen LogP contribution is -2.66. The van der Waals surface area contributed by atoms with E-state index in [2.05, 4.69) is 31.3 Å². The van der Waals surface area contributed by atoms with E-state index in [1.807, 2.05) is 6.08 Å². The van der Waals surface area contributed by atoms with Gasteiger partial charge in [0.15, 0.2) is 18.9 Å². The van der Waals surface area contributed by atoms with Gasteiger partial charge in [0.1, 0.15) is 73.2 Å². The quantitative estimate of drug-likeness (QED) is 0.0201. The Balaban J connectivity index is 1.41. The summed E-state index contributed by atoms with van der Waals surface area (Å²) >= 11 is 0. The predicted molar refractivity (Wildman–Crippen MR) is 328 cm³/mol. The molecule has 0 saturated carbocycles. The predicted octanol–water partition coefficient (Wildman–Crippen LogP) is 8.27. The van der Waals surface area contributed by atoms with Gasteiger partial charge < -0.3 is 89.9 Å². The van der Waals surface area contributed by atoms with Crippen LogP contribution in [0.15, 0.2) is 24.3 Å². The highest BCUT2D eigenvalue weighted by Gasteiger charge is 2.53. The molecule has 500 valence electrons. The number of hydrogen-bond donors (Lipinski definition) is 12. The van der Waals surface area contributed by atoms with Crippen molar-refractivity contribution < 1.29 is 89.4 Å². The summed E-state index contributed by atoms with van der Waals surface area (Å²) in [6, 6.07) is -0.985. The number of nitrogens with one attached hydrogen (secondary N) is 1. The van der Waals surface area contributed by atoms with E-state index in [9.17, 15) is 61.0 Å². The minimum absolute atomic E-state index is 0.239. The first-order valence-corrected chi connectivity index (χ1v) is 34.1. The van der Waals surface area contributed by atoms with Crippen LogP contribution in [0.2, 0.25) is 0 Å². The third kappa shape index (κ3) is 31.7. The molecule has 0 bridgehead atoms. The number of carbonyl (C=O) groups excluding carboxylic acids is 1. The molecule has 0 aromatic rings. The first kappa shape index (κ1) is 77.5. The van der Waals surface area contributed by atoms with Gasteiger partial charge in [0, 0.05) is 6.42 Å². The van der Waals surface area contributed by atoms with Crippen LogP contribution in [0, 0.1) is 0 Å². The second kappa shape index (κ2) is 49.0. The molecular formula is C66H123NO18. The molecule has 3 rings (SSSR count). The number of rotatable bonds is 52. The standard InChI is InChI=1S/C66H123NO18/c1-3-5-7-9-11-13-15-16-17-18-19-20-21-22-23-24-25-26-27-28-29-30-31-32-34-35-37-39-41-43-50(71)49(67-54(72)44-42-40-38-36-33-14-12-10-8-6-4-2)48-80-64-60(78)57(75)62(52(46-69)82-64)85-66-61(79)58(76)63(53(47-70)83-66)84-65-59(77)56(74)55(73)51(45-68)81-65/h34-35,41,43,49-53,55-66,68-71,73-79H,3-33,36-40,42,44-48H2,1-2H3,(H,67,72)/b35-34+,43-41+. The normalized spacial score (nSPS) is 29.1. The highest BCUT2D eigenvalue weighted by Crippen LogP contribution is 2.33. The van der Waals surface area contributed by atoms with Crippen LogP contribution < -0.4 is 5.32 Å². The maximum atomic E-state index is 13.3. The number of carbonyl (C=O) groups is 1. The van der Waals surface area contributed by atoms with E-state index in [4.69, 9.17) is 28.4 Å². The second-order valence-corrected chi connectivity index (χ2v) is 24.6. The summed E-state index contributed by atoms with van der Waals surface area (Å²) in [4.78, 5) is 13.3. The van der Waals surface area contributed by atoms with Crippen molar-refractivity contribution in [2.45, 2.75) is 362 Å². The lowest BCUT2D eigenvalue weighted by molar-refractivity contribution is -0.379. The average Bonchev–Trinajstić information content (AvgIpc) is 3.22. The average molecular weight is 1220 g/mol. The van der Waals surface area contributed by atoms with Crippen molar-refractivity contribution in [1.82, 2.24) is 5.32 Å². The van der Waals surface area contributed by atoms with Gasteiger partial charge in [0.25, 0.3) is 0 Å². The zero-order valence-corrected chi connectivity index (χ0v) is 52.6. The molecule has 0 aromatic carbocycles. The molecule has 0 spiro atoms. The minimum atomic E-state index is -1.98. The molecule has 3 saturated heterocycles. The Labute approximate surface area is 511 Å². The molecule has 0 aromatic heterocycles. The van der Waals surface area contributed by atoms with Crippen LogP contribution in [0.5, 0.6) is 0 Å². The molecule has 0 aliphatic carbocycles. The molecule has 3 aliphatic heterocycles. The van der Waals surface area contributed by atoms with Crippen molar-refractivity contribution in [2.75, 3.05) is 26.4 Å². The minimum Gasteiger partial charge on any atom is -0.394 e. The second-order valence-electron chi connectivity index (χ2n) is 24.6. The number of ether oxygens (including phenoxy) is 6. The maximum absolute atomic E-state index is 13.3. The molecule has 3 aliphatic rings. The third-order valence-corrected chi connectivity index (χ3v) is 17.3. The van der Waals surface area contributed by atoms with Gasteiger partial charge in [0.2, 0.25) is 5.91 Å². The van der Waals surface area contributed by atoms with Gasteiger partial charge in [-0.25, -0.2) is 0 Å². The summed E-state index contributed by atoms with van der Waals surface area (Å²) in [6.45, 7) is 1.71. The van der Waals surface area contributed by atoms with Crippen molar-refractivity contribution in [3.63, 3.8) is 0 Å². The van der Waals surface area contributed by atoms with E-state index in [1.165, 1.54) is 186 Å². The monoisotopic (exact) mass is 1220 g/mol. The smallest absolute Gasteiger partial charge is 0.220 e. The van der Waals surface area contributed by atoms with Gasteiger partial charge in [-0.15, -0.1) is 0 Å². The van der Waals surface area contributed by atoms with Gasteiger partial charge in [0.05, 0.1) is 38.6 Å². The fourth-order valence-corrected chi connectivity index (χ4v) is 11.7. The molecule has 3 heterocycles. The molecule has 19 nitrogen and oxygen atoms in total. The van der Waals surface area contributed by atoms with E-state index < -0.39 is 124 Å². The molecule has 85 heavy (non-hydrogen) atoms. The first-order valence-electron chi connectivity index (χ1n) is 34.1. The zero-order valence-electron chi connectivity index (χ0n) is 52.6. The molecule has 0 radical (unpaired) electrons. The van der Waals surface area contributed by atoms with E-state index >= 15 is 0 Å². The lowest BCUT2D eigenvalue weighted by atomic mass is 9.96. The van der Waals surface area contributed by atoms with Crippen molar-refractivity contribution in [1.29, 1.82) is 0 Å². The van der Waals surface area contributed by atoms with Crippen molar-refractivity contribution in [3.05, 3.63) is 24.3 Å². The lowest BCUT2D eigenvalue weighted by Gasteiger charge is -2.48. The van der Waals surface area contributed by atoms with Crippen LogP contribution in [0.3, 0.4) is 0 Å². The number of hydrogen-bond acceptors (Lipinski definition) is 18. The number of unbranched alkanes of at least 4 members (excludes halogenated alkanes) is 34. The van der Waals surface area contributed by atoms with Crippen LogP contribution in [-0.2, 0) is 33.2 Å². The molecule has 3 fully saturated rings. The summed E-state index contributed by atoms with van der Waals surface area (Å²) in [5.41, 5.74) is 0. The van der Waals surface area contributed by atoms with Crippen LogP contribution >= 0.6 is 0 Å². The summed E-state index contributed by atoms with van der Waals surface area (Å²) < 4.78 is 34.3. The number of aliphatic hydroxyl groups is 11. The van der Waals surface area contributed by atoms with Crippen LogP contribution in [-0.4, -0.2) is 193 Å². The molecule has 12 N–H and O–H groups in total. The van der Waals surface area contributed by atoms with Crippen molar-refractivity contribution in [3.8, 4) is 0 Å². The molecular weight excluding hydrogens is 1090 g/mol. The summed E-state index contributed by atoms with van der Waals surface area (Å²) in [6.07, 6.45) is 27.6. The number of allylic oxidation sites excluding steroid dienone is 3. The summed E-state index contributed by atoms with van der Waals surface area (Å²) in [7, 11) is 0. The van der Waals surface area contributed by atoms with Gasteiger partial charge in [-0.1, -0.05) is 244 Å². The zero-order chi connectivity index (χ0) is 61.9. The van der Waals surface area contributed by atoms with E-state index in [-0.39, 0.29) is 18.9 Å². The van der Waals surface area contributed by atoms with Crippen molar-refractivity contribution >= 4 is 5.91 Å². The Morgan fingerprint density at radius 2 is 0.753 bits per heavy atom. The molecule has 17 unspecified atom stereocenters. The van der Waals surface area contributed by atoms with Gasteiger partial charge in [-0.3, -0.25) is 4.79 Å². The van der Waals surface area contributed by atoms with Crippen molar-refractivity contribution in [2.24, 2.45) is 0 Å². The van der Waals surface area contributed by atoms with Gasteiger partial charge in [-0.2, -0.15) is 0 Å². The SMILES string of the molecule is CCCCCCCCCCCCCCCCCCCCCCCCC/C=C/CC/C=C/C(O)C(COC1OC(CO)C(OC2OC(CO)C(OC3OC(CO)C(O)C(O)C3O)C(O)C2O)C(O)C1O)NC(=O)CCCCCCCCCCCCC. The topological polar surface area (TPSA) is 307 Å². The molecule has 17 atom stereocenters. The molecule has 1 amide bonds. The van der Waals surface area contributed by atoms with E-state index in [1.54, 1.807) is 6.08 Å². The number of amides is 1. The Bertz CT molecular complexity index is 1640. The number of aliphatic hydroxyl groups excluding tert-OH is 11. The third-order valence-electron chi connectivity index (χ3n) is 17.3. The fourth-order valence-electron chi connectivity index (χ4n) is 11.7. The molecule has 19 heteroatoms. The van der Waals surface area contributed by atoms with Crippen LogP contribution in [0.1, 0.15) is 258 Å². The Morgan fingerprint density at radius 3 is 1.18 bits per heavy atom. The first-order chi connectivity index (χ1) is 41.3. The van der Waals surface area contributed by atoms with E-state index in [0.29, 0.717) is 12.8 Å². The Morgan fingerprint density at radius 1 is 0.412 bits per heavy atom.